The van der Waals surface area contributed by atoms with Crippen LogP contribution in [0.4, 0.5) is 11.4 Å². The standard InChI is InChI=1S/C20H20N4O3/c25-18(21-14-6-5-7-15(12-14)23-10-3-4-11-23)13-24-20(27)17-9-2-1-8-16(17)19(26)22-24/h1-2,5-9,12H,3-4,10-11,13H2,(H,21,25)(H,22,26). The minimum atomic E-state index is -0.397. The van der Waals surface area contributed by atoms with Crippen LogP contribution in [-0.4, -0.2) is 28.8 Å². The Kier molecular flexibility index (Phi) is 4.50. The summed E-state index contributed by atoms with van der Waals surface area (Å²) in [4.78, 5) is 39.3. The number of amides is 1. The monoisotopic (exact) mass is 364 g/mol. The summed E-state index contributed by atoms with van der Waals surface area (Å²) in [5.74, 6) is -0.374. The van der Waals surface area contributed by atoms with E-state index in [2.05, 4.69) is 15.3 Å². The van der Waals surface area contributed by atoms with Crippen LogP contribution in [-0.2, 0) is 11.3 Å². The van der Waals surface area contributed by atoms with Crippen molar-refractivity contribution < 1.29 is 4.79 Å². The van der Waals surface area contributed by atoms with Gasteiger partial charge in [-0.3, -0.25) is 19.5 Å². The maximum atomic E-state index is 12.5. The SMILES string of the molecule is O=C(Cn1[nH]c(=O)c2ccccc2c1=O)Nc1cccc(N2CCCC2)c1. The van der Waals surface area contributed by atoms with Crippen molar-refractivity contribution in [3.63, 3.8) is 0 Å². The summed E-state index contributed by atoms with van der Waals surface area (Å²) in [6.07, 6.45) is 2.35. The zero-order chi connectivity index (χ0) is 18.8. The van der Waals surface area contributed by atoms with Crippen LogP contribution in [0.1, 0.15) is 12.8 Å². The fraction of sp³-hybridized carbons (Fsp3) is 0.250. The van der Waals surface area contributed by atoms with E-state index in [1.165, 1.54) is 12.8 Å². The van der Waals surface area contributed by atoms with Gasteiger partial charge in [0, 0.05) is 24.5 Å². The second-order valence-electron chi connectivity index (χ2n) is 6.67. The van der Waals surface area contributed by atoms with Gasteiger partial charge in [0.1, 0.15) is 6.54 Å². The predicted octanol–water partition coefficient (Wildman–Crippen LogP) is 1.93. The Morgan fingerprint density at radius 3 is 2.52 bits per heavy atom. The lowest BCUT2D eigenvalue weighted by Gasteiger charge is -2.18. The first-order chi connectivity index (χ1) is 13.1. The molecule has 1 amide bonds. The number of nitrogens with zero attached hydrogens (tertiary/aromatic N) is 2. The molecule has 2 N–H and O–H groups in total. The van der Waals surface area contributed by atoms with Gasteiger partial charge in [-0.15, -0.1) is 0 Å². The molecular weight excluding hydrogens is 344 g/mol. The maximum absolute atomic E-state index is 12.5. The Labute approximate surface area is 155 Å². The first-order valence-electron chi connectivity index (χ1n) is 8.98. The highest BCUT2D eigenvalue weighted by Gasteiger charge is 2.14. The summed E-state index contributed by atoms with van der Waals surface area (Å²) >= 11 is 0. The molecule has 1 saturated heterocycles. The van der Waals surface area contributed by atoms with E-state index >= 15 is 0 Å². The number of hydrogen-bond donors (Lipinski definition) is 2. The van der Waals surface area contributed by atoms with E-state index < -0.39 is 11.1 Å². The van der Waals surface area contributed by atoms with Crippen molar-refractivity contribution >= 4 is 28.1 Å². The van der Waals surface area contributed by atoms with E-state index in [1.54, 1.807) is 24.3 Å². The lowest BCUT2D eigenvalue weighted by molar-refractivity contribution is -0.117. The van der Waals surface area contributed by atoms with Crippen LogP contribution in [0, 0.1) is 0 Å². The van der Waals surface area contributed by atoms with Crippen molar-refractivity contribution in [2.24, 2.45) is 0 Å². The fourth-order valence-corrected chi connectivity index (χ4v) is 3.46. The minimum absolute atomic E-state index is 0.257. The fourth-order valence-electron chi connectivity index (χ4n) is 3.46. The van der Waals surface area contributed by atoms with E-state index in [1.807, 2.05) is 24.3 Å². The quantitative estimate of drug-likeness (QED) is 0.741. The molecule has 0 aliphatic carbocycles. The molecule has 0 unspecified atom stereocenters. The third kappa shape index (κ3) is 3.48. The molecule has 0 bridgehead atoms. The average molecular weight is 364 g/mol. The third-order valence-corrected chi connectivity index (χ3v) is 4.79. The molecule has 7 nitrogen and oxygen atoms in total. The number of rotatable bonds is 4. The highest BCUT2D eigenvalue weighted by Crippen LogP contribution is 2.23. The van der Waals surface area contributed by atoms with Crippen LogP contribution < -0.4 is 21.3 Å². The number of carbonyl (C=O) groups is 1. The molecule has 1 aromatic heterocycles. The van der Waals surface area contributed by atoms with Crippen LogP contribution in [0.5, 0.6) is 0 Å². The van der Waals surface area contributed by atoms with Crippen LogP contribution in [0.15, 0.2) is 58.1 Å². The van der Waals surface area contributed by atoms with Crippen molar-refractivity contribution in [1.82, 2.24) is 9.78 Å². The second kappa shape index (κ2) is 7.11. The Bertz CT molecular complexity index is 1110. The Balaban J connectivity index is 1.54. The van der Waals surface area contributed by atoms with Gasteiger partial charge in [0.15, 0.2) is 0 Å². The molecule has 1 aliphatic heterocycles. The Hall–Kier alpha value is -3.35. The molecule has 138 valence electrons. The average Bonchev–Trinajstić information content (AvgIpc) is 3.21. The highest BCUT2D eigenvalue weighted by atomic mass is 16.2. The first-order valence-corrected chi connectivity index (χ1v) is 8.98. The molecule has 2 heterocycles. The lowest BCUT2D eigenvalue weighted by Crippen LogP contribution is -2.34. The Morgan fingerprint density at radius 1 is 1.00 bits per heavy atom. The van der Waals surface area contributed by atoms with Crippen molar-refractivity contribution in [3.8, 4) is 0 Å². The predicted molar refractivity (Wildman–Crippen MR) is 105 cm³/mol. The van der Waals surface area contributed by atoms with E-state index in [4.69, 9.17) is 0 Å². The zero-order valence-corrected chi connectivity index (χ0v) is 14.8. The van der Waals surface area contributed by atoms with Crippen LogP contribution in [0.2, 0.25) is 0 Å². The number of anilines is 2. The molecule has 3 aromatic rings. The first kappa shape index (κ1) is 17.1. The Morgan fingerprint density at radius 2 is 1.74 bits per heavy atom. The van der Waals surface area contributed by atoms with Gasteiger partial charge >= 0.3 is 0 Å². The summed E-state index contributed by atoms with van der Waals surface area (Å²) < 4.78 is 1.05. The molecule has 0 saturated carbocycles. The van der Waals surface area contributed by atoms with Crippen LogP contribution in [0.25, 0.3) is 10.8 Å². The molecule has 27 heavy (non-hydrogen) atoms. The van der Waals surface area contributed by atoms with Crippen LogP contribution >= 0.6 is 0 Å². The lowest BCUT2D eigenvalue weighted by atomic mass is 10.2. The summed E-state index contributed by atoms with van der Waals surface area (Å²) in [6, 6.07) is 14.2. The molecule has 1 aliphatic rings. The zero-order valence-electron chi connectivity index (χ0n) is 14.8. The van der Waals surface area contributed by atoms with Crippen molar-refractivity contribution in [2.45, 2.75) is 19.4 Å². The van der Waals surface area contributed by atoms with Gasteiger partial charge < -0.3 is 10.2 Å². The van der Waals surface area contributed by atoms with E-state index in [9.17, 15) is 14.4 Å². The van der Waals surface area contributed by atoms with Crippen LogP contribution in [0.3, 0.4) is 0 Å². The molecule has 4 rings (SSSR count). The van der Waals surface area contributed by atoms with Crippen molar-refractivity contribution in [3.05, 3.63) is 69.2 Å². The molecule has 0 spiro atoms. The second-order valence-corrected chi connectivity index (χ2v) is 6.67. The van der Waals surface area contributed by atoms with E-state index in [-0.39, 0.29) is 12.5 Å². The largest absolute Gasteiger partial charge is 0.371 e. The summed E-state index contributed by atoms with van der Waals surface area (Å²) in [5.41, 5.74) is 0.947. The van der Waals surface area contributed by atoms with Gasteiger partial charge in [-0.25, -0.2) is 4.68 Å². The molecule has 0 radical (unpaired) electrons. The van der Waals surface area contributed by atoms with E-state index in [0.29, 0.717) is 16.5 Å². The van der Waals surface area contributed by atoms with Gasteiger partial charge in [-0.1, -0.05) is 18.2 Å². The number of nitrogens with one attached hydrogen (secondary N) is 2. The topological polar surface area (TPSA) is 87.2 Å². The smallest absolute Gasteiger partial charge is 0.273 e. The van der Waals surface area contributed by atoms with E-state index in [0.717, 1.165) is 23.5 Å². The maximum Gasteiger partial charge on any atom is 0.273 e. The molecule has 2 aromatic carbocycles. The third-order valence-electron chi connectivity index (χ3n) is 4.79. The normalized spacial score (nSPS) is 13.9. The number of hydrogen-bond acceptors (Lipinski definition) is 4. The molecular formula is C20H20N4O3. The summed E-state index contributed by atoms with van der Waals surface area (Å²) in [6.45, 7) is 1.78. The van der Waals surface area contributed by atoms with Crippen molar-refractivity contribution in [2.75, 3.05) is 23.3 Å². The van der Waals surface area contributed by atoms with Gasteiger partial charge in [0.05, 0.1) is 10.8 Å². The van der Waals surface area contributed by atoms with Gasteiger partial charge in [0.2, 0.25) is 5.91 Å². The number of aromatic nitrogens is 2. The number of aromatic amines is 1. The van der Waals surface area contributed by atoms with Gasteiger partial charge in [-0.05, 0) is 43.2 Å². The minimum Gasteiger partial charge on any atom is -0.371 e. The van der Waals surface area contributed by atoms with Gasteiger partial charge in [-0.2, -0.15) is 0 Å². The molecule has 0 atom stereocenters. The molecule has 7 heteroatoms. The number of carbonyl (C=O) groups excluding carboxylic acids is 1. The van der Waals surface area contributed by atoms with Crippen molar-refractivity contribution in [1.29, 1.82) is 0 Å². The molecule has 1 fully saturated rings. The number of fused-ring (bicyclic) bond motifs is 1. The summed E-state index contributed by atoms with van der Waals surface area (Å²) in [5, 5.41) is 5.89. The van der Waals surface area contributed by atoms with Gasteiger partial charge in [0.25, 0.3) is 11.1 Å². The summed E-state index contributed by atoms with van der Waals surface area (Å²) in [7, 11) is 0. The number of H-pyrrole nitrogens is 1. The highest BCUT2D eigenvalue weighted by molar-refractivity contribution is 5.91. The number of benzene rings is 2.